The molecule has 2 fully saturated rings. The molecule has 1 saturated carbocycles. The lowest BCUT2D eigenvalue weighted by atomic mass is 10.1. The molecule has 8 nitrogen and oxygen atoms in total. The zero-order valence-corrected chi connectivity index (χ0v) is 17.2. The molecule has 31 heavy (non-hydrogen) atoms. The van der Waals surface area contributed by atoms with Crippen LogP contribution in [-0.2, 0) is 25.7 Å². The van der Waals surface area contributed by atoms with Crippen molar-refractivity contribution in [1.29, 1.82) is 5.41 Å². The molecule has 1 saturated heterocycles. The van der Waals surface area contributed by atoms with Crippen molar-refractivity contribution < 1.29 is 19.1 Å². The lowest BCUT2D eigenvalue weighted by molar-refractivity contribution is -0.155. The fraction of sp³-hybridized carbons (Fsp3) is 0.348. The Balaban J connectivity index is 1.39. The van der Waals surface area contributed by atoms with E-state index >= 15 is 0 Å². The van der Waals surface area contributed by atoms with Crippen LogP contribution in [0, 0.1) is 11.3 Å². The van der Waals surface area contributed by atoms with Gasteiger partial charge in [-0.3, -0.25) is 20.0 Å². The summed E-state index contributed by atoms with van der Waals surface area (Å²) in [5.41, 5.74) is 1.57. The highest BCUT2D eigenvalue weighted by Crippen LogP contribution is 2.48. The number of aromatic nitrogens is 1. The monoisotopic (exact) mass is 420 g/mol. The van der Waals surface area contributed by atoms with Gasteiger partial charge in [0.25, 0.3) is 0 Å². The number of anilines is 1. The van der Waals surface area contributed by atoms with Gasteiger partial charge < -0.3 is 15.0 Å². The molecule has 1 aromatic carbocycles. The molecule has 4 rings (SSSR count). The Morgan fingerprint density at radius 1 is 1.19 bits per heavy atom. The zero-order chi connectivity index (χ0) is 22.0. The van der Waals surface area contributed by atoms with Crippen molar-refractivity contribution in [3.05, 3.63) is 59.9 Å². The number of Topliss-reactive ketones (excluding diaryl/α,β-unsaturated/α-hetero) is 1. The van der Waals surface area contributed by atoms with Crippen LogP contribution in [0.3, 0.4) is 0 Å². The van der Waals surface area contributed by atoms with Crippen molar-refractivity contribution in [3.63, 3.8) is 0 Å². The van der Waals surface area contributed by atoms with Gasteiger partial charge in [0.15, 0.2) is 5.78 Å². The first-order chi connectivity index (χ1) is 15.0. The normalized spacial score (nSPS) is 21.2. The number of esters is 1. The number of carbonyl (C=O) groups excluding carboxylic acids is 3. The molecule has 2 N–H and O–H groups in total. The average Bonchev–Trinajstić information content (AvgIpc) is 3.45. The fourth-order valence-corrected chi connectivity index (χ4v) is 4.06. The molecule has 0 radical (unpaired) electrons. The quantitative estimate of drug-likeness (QED) is 0.500. The summed E-state index contributed by atoms with van der Waals surface area (Å²) >= 11 is 0. The highest BCUT2D eigenvalue weighted by Gasteiger charge is 2.56. The average molecular weight is 420 g/mol. The molecule has 1 aliphatic heterocycles. The highest BCUT2D eigenvalue weighted by molar-refractivity contribution is 6.45. The highest BCUT2D eigenvalue weighted by atomic mass is 16.5. The lowest BCUT2D eigenvalue weighted by Crippen LogP contribution is -2.46. The van der Waals surface area contributed by atoms with Crippen LogP contribution in [0.4, 0.5) is 5.69 Å². The van der Waals surface area contributed by atoms with Gasteiger partial charge in [-0.1, -0.05) is 30.3 Å². The second-order valence-corrected chi connectivity index (χ2v) is 7.91. The Bertz CT molecular complexity index is 1020. The standard InChI is InChI=1S/C23H24N4O4/c1-14(28)22(24)17-7-8-25-11-18(17)26-12-21(29)27-19-9-16(19)10-20(27)23(30)31-13-15-5-3-2-4-6-15/h2-8,11,16,19-20,24,26H,9-10,12-13H2,1H3. The SMILES string of the molecule is CC(=O)C(=N)c1ccncc1NCC(=O)N1C(C(=O)OCc2ccccc2)CC2CC21. The number of hydrogen-bond acceptors (Lipinski definition) is 7. The van der Waals surface area contributed by atoms with Gasteiger partial charge in [-0.05, 0) is 30.4 Å². The molecule has 8 heteroatoms. The van der Waals surface area contributed by atoms with E-state index in [9.17, 15) is 14.4 Å². The molecule has 3 atom stereocenters. The first-order valence-corrected chi connectivity index (χ1v) is 10.2. The van der Waals surface area contributed by atoms with Gasteiger partial charge >= 0.3 is 5.97 Å². The molecule has 2 aliphatic rings. The number of ketones is 1. The number of piperidine rings is 1. The van der Waals surface area contributed by atoms with Gasteiger partial charge in [-0.15, -0.1) is 0 Å². The van der Waals surface area contributed by atoms with Crippen molar-refractivity contribution in [1.82, 2.24) is 9.88 Å². The van der Waals surface area contributed by atoms with Gasteiger partial charge in [-0.2, -0.15) is 0 Å². The van der Waals surface area contributed by atoms with Gasteiger partial charge in [-0.25, -0.2) is 4.79 Å². The van der Waals surface area contributed by atoms with Crippen molar-refractivity contribution in [2.45, 2.75) is 38.5 Å². The molecule has 3 unspecified atom stereocenters. The van der Waals surface area contributed by atoms with Crippen molar-refractivity contribution in [2.75, 3.05) is 11.9 Å². The number of benzene rings is 1. The zero-order valence-electron chi connectivity index (χ0n) is 17.2. The van der Waals surface area contributed by atoms with Crippen LogP contribution in [0.15, 0.2) is 48.8 Å². The summed E-state index contributed by atoms with van der Waals surface area (Å²) in [6.45, 7) is 1.44. The first kappa shape index (κ1) is 20.7. The summed E-state index contributed by atoms with van der Waals surface area (Å²) in [7, 11) is 0. The number of ether oxygens (including phenoxy) is 1. The van der Waals surface area contributed by atoms with Crippen molar-refractivity contribution in [2.24, 2.45) is 5.92 Å². The molecule has 1 amide bonds. The molecule has 2 heterocycles. The Labute approximate surface area is 180 Å². The van der Waals surface area contributed by atoms with E-state index < -0.39 is 6.04 Å². The maximum Gasteiger partial charge on any atom is 0.329 e. The predicted octanol–water partition coefficient (Wildman–Crippen LogP) is 2.18. The third kappa shape index (κ3) is 4.47. The van der Waals surface area contributed by atoms with E-state index in [1.165, 1.54) is 19.3 Å². The first-order valence-electron chi connectivity index (χ1n) is 10.2. The van der Waals surface area contributed by atoms with Gasteiger partial charge in [0, 0.05) is 24.7 Å². The van der Waals surface area contributed by atoms with Crippen LogP contribution in [-0.4, -0.2) is 51.9 Å². The molecular weight excluding hydrogens is 396 g/mol. The molecule has 160 valence electrons. The number of pyridine rings is 1. The Morgan fingerprint density at radius 2 is 1.97 bits per heavy atom. The number of hydrogen-bond donors (Lipinski definition) is 2. The third-order valence-electron chi connectivity index (χ3n) is 5.76. The topological polar surface area (TPSA) is 112 Å². The summed E-state index contributed by atoms with van der Waals surface area (Å²) < 4.78 is 5.47. The number of nitrogens with one attached hydrogen (secondary N) is 2. The fourth-order valence-electron chi connectivity index (χ4n) is 4.06. The van der Waals surface area contributed by atoms with Crippen molar-refractivity contribution >= 4 is 29.1 Å². The van der Waals surface area contributed by atoms with Gasteiger partial charge in [0.2, 0.25) is 5.91 Å². The Kier molecular flexibility index (Phi) is 5.79. The number of amides is 1. The largest absolute Gasteiger partial charge is 0.459 e. The Hall–Kier alpha value is -3.55. The van der Waals surface area contributed by atoms with Crippen LogP contribution in [0.1, 0.15) is 30.9 Å². The van der Waals surface area contributed by atoms with Crippen LogP contribution in [0.5, 0.6) is 0 Å². The van der Waals surface area contributed by atoms with E-state index in [0.717, 1.165) is 12.0 Å². The van der Waals surface area contributed by atoms with Gasteiger partial charge in [0.1, 0.15) is 18.4 Å². The molecule has 0 spiro atoms. The van der Waals surface area contributed by atoms with E-state index in [2.05, 4.69) is 10.3 Å². The van der Waals surface area contributed by atoms with E-state index in [0.29, 0.717) is 23.6 Å². The Morgan fingerprint density at radius 3 is 2.71 bits per heavy atom. The van der Waals surface area contributed by atoms with E-state index in [1.807, 2.05) is 30.3 Å². The lowest BCUT2D eigenvalue weighted by Gasteiger charge is -2.26. The molecule has 0 bridgehead atoms. The number of nitrogens with zero attached hydrogens (tertiary/aromatic N) is 2. The number of carbonyl (C=O) groups is 3. The number of rotatable bonds is 8. The summed E-state index contributed by atoms with van der Waals surface area (Å²) in [6, 6.07) is 10.5. The van der Waals surface area contributed by atoms with Crippen LogP contribution in [0.2, 0.25) is 0 Å². The number of likely N-dealkylation sites (tertiary alicyclic amines) is 1. The maximum absolute atomic E-state index is 13.0. The second-order valence-electron chi connectivity index (χ2n) is 7.91. The second kappa shape index (κ2) is 8.67. The third-order valence-corrected chi connectivity index (χ3v) is 5.76. The van der Waals surface area contributed by atoms with Crippen LogP contribution < -0.4 is 5.32 Å². The summed E-state index contributed by atoms with van der Waals surface area (Å²) in [6.07, 6.45) is 4.50. The van der Waals surface area contributed by atoms with E-state index in [-0.39, 0.29) is 42.6 Å². The predicted molar refractivity (Wildman–Crippen MR) is 114 cm³/mol. The van der Waals surface area contributed by atoms with Gasteiger partial charge in [0.05, 0.1) is 18.4 Å². The summed E-state index contributed by atoms with van der Waals surface area (Å²) in [5, 5.41) is 10.9. The van der Waals surface area contributed by atoms with Crippen LogP contribution in [0.25, 0.3) is 0 Å². The molecule has 1 aliphatic carbocycles. The molecule has 2 aromatic rings. The minimum atomic E-state index is -0.578. The van der Waals surface area contributed by atoms with Crippen LogP contribution >= 0.6 is 0 Å². The van der Waals surface area contributed by atoms with E-state index in [1.54, 1.807) is 11.0 Å². The summed E-state index contributed by atoms with van der Waals surface area (Å²) in [4.78, 5) is 42.9. The van der Waals surface area contributed by atoms with E-state index in [4.69, 9.17) is 10.1 Å². The molecular formula is C23H24N4O4. The minimum absolute atomic E-state index is 0.0600. The van der Waals surface area contributed by atoms with Crippen molar-refractivity contribution in [3.8, 4) is 0 Å². The number of fused-ring (bicyclic) bond motifs is 1. The summed E-state index contributed by atoms with van der Waals surface area (Å²) in [5.74, 6) is -0.624. The minimum Gasteiger partial charge on any atom is -0.459 e. The molecule has 1 aromatic heterocycles. The maximum atomic E-state index is 13.0. The smallest absolute Gasteiger partial charge is 0.329 e.